The number of hydrogen-bond donors (Lipinski definition) is 1. The van der Waals surface area contributed by atoms with Crippen molar-refractivity contribution in [1.82, 2.24) is 4.98 Å². The number of alkyl halides is 5. The van der Waals surface area contributed by atoms with Crippen molar-refractivity contribution < 1.29 is 31.9 Å². The summed E-state index contributed by atoms with van der Waals surface area (Å²) < 4.78 is 62.4. The molecule has 1 N–H and O–H groups in total. The molecule has 4 nitrogen and oxygen atoms in total. The third-order valence-electron chi connectivity index (χ3n) is 1.94. The fourth-order valence-electron chi connectivity index (χ4n) is 1.28. The highest BCUT2D eigenvalue weighted by Gasteiger charge is 2.41. The number of carboxylic acids is 1. The van der Waals surface area contributed by atoms with E-state index in [0.717, 1.165) is 0 Å². The fraction of sp³-hybridized carbons (Fsp3) is 0.222. The minimum Gasteiger partial charge on any atom is -0.478 e. The van der Waals surface area contributed by atoms with Gasteiger partial charge in [0.25, 0.3) is 6.43 Å². The summed E-state index contributed by atoms with van der Waals surface area (Å²) in [4.78, 5) is 13.4. The molecule has 0 unspecified atom stereocenters. The van der Waals surface area contributed by atoms with Crippen molar-refractivity contribution in [2.75, 3.05) is 0 Å². The Bertz CT molecular complexity index is 533. The van der Waals surface area contributed by atoms with Crippen LogP contribution in [0.4, 0.5) is 22.0 Å². The highest BCUT2D eigenvalue weighted by Crippen LogP contribution is 2.37. The topological polar surface area (TPSA) is 74.0 Å². The quantitative estimate of drug-likeness (QED) is 0.835. The van der Waals surface area contributed by atoms with Crippen molar-refractivity contribution in [1.29, 1.82) is 5.26 Å². The molecule has 1 heterocycles. The van der Waals surface area contributed by atoms with Crippen LogP contribution in [0.2, 0.25) is 0 Å². The maximum atomic E-state index is 12.6. The summed E-state index contributed by atoms with van der Waals surface area (Å²) >= 11 is 0. The third-order valence-corrected chi connectivity index (χ3v) is 1.94. The lowest BCUT2D eigenvalue weighted by Crippen LogP contribution is -2.18. The molecule has 1 aromatic heterocycles. The van der Waals surface area contributed by atoms with E-state index in [2.05, 4.69) is 4.98 Å². The van der Waals surface area contributed by atoms with Crippen molar-refractivity contribution in [2.45, 2.75) is 12.6 Å². The average molecular weight is 266 g/mol. The second kappa shape index (κ2) is 4.56. The van der Waals surface area contributed by atoms with Gasteiger partial charge in [-0.2, -0.15) is 18.4 Å². The molecule has 0 radical (unpaired) electrons. The highest BCUT2D eigenvalue weighted by molar-refractivity contribution is 5.92. The van der Waals surface area contributed by atoms with Crippen LogP contribution in [-0.2, 0) is 6.18 Å². The molecule has 0 atom stereocenters. The Hall–Kier alpha value is -2.24. The molecule has 0 fully saturated rings. The maximum Gasteiger partial charge on any atom is 0.433 e. The number of nitrogens with zero attached hydrogens (tertiary/aromatic N) is 2. The normalized spacial score (nSPS) is 11.4. The minimum absolute atomic E-state index is 0.304. The third kappa shape index (κ3) is 2.37. The van der Waals surface area contributed by atoms with E-state index in [1.54, 1.807) is 0 Å². The highest BCUT2D eigenvalue weighted by atomic mass is 19.4. The van der Waals surface area contributed by atoms with Gasteiger partial charge < -0.3 is 5.11 Å². The molecule has 18 heavy (non-hydrogen) atoms. The number of halogens is 5. The van der Waals surface area contributed by atoms with Gasteiger partial charge in [0.1, 0.15) is 6.07 Å². The number of carboxylic acid groups (broad SMARTS) is 1. The fourth-order valence-corrected chi connectivity index (χ4v) is 1.28. The Labute approximate surface area is 96.3 Å². The maximum absolute atomic E-state index is 12.6. The molecule has 0 saturated heterocycles. The molecule has 0 saturated carbocycles. The second-order valence-corrected chi connectivity index (χ2v) is 3.02. The Morgan fingerprint density at radius 1 is 1.44 bits per heavy atom. The summed E-state index contributed by atoms with van der Waals surface area (Å²) in [7, 11) is 0. The molecule has 9 heteroatoms. The zero-order valence-electron chi connectivity index (χ0n) is 8.29. The van der Waals surface area contributed by atoms with Crippen LogP contribution in [-0.4, -0.2) is 16.1 Å². The van der Waals surface area contributed by atoms with Gasteiger partial charge in [-0.05, 0) is 0 Å². The molecule has 0 aliphatic heterocycles. The van der Waals surface area contributed by atoms with Gasteiger partial charge in [-0.1, -0.05) is 0 Å². The number of hydrogen-bond acceptors (Lipinski definition) is 3. The number of carbonyl (C=O) groups is 1. The van der Waals surface area contributed by atoms with Gasteiger partial charge in [-0.25, -0.2) is 18.6 Å². The van der Waals surface area contributed by atoms with E-state index in [1.807, 2.05) is 0 Å². The molecule has 1 aromatic rings. The van der Waals surface area contributed by atoms with Crippen LogP contribution in [0.15, 0.2) is 6.20 Å². The van der Waals surface area contributed by atoms with Gasteiger partial charge in [0, 0.05) is 6.20 Å². The summed E-state index contributed by atoms with van der Waals surface area (Å²) in [6.07, 6.45) is -8.64. The monoisotopic (exact) mass is 266 g/mol. The molecule has 0 bridgehead atoms. The number of nitriles is 1. The lowest BCUT2D eigenvalue weighted by molar-refractivity contribution is -0.143. The minimum atomic E-state index is -5.23. The van der Waals surface area contributed by atoms with Gasteiger partial charge in [0.15, 0.2) is 5.69 Å². The summed E-state index contributed by atoms with van der Waals surface area (Å²) in [6, 6.07) is 1.21. The van der Waals surface area contributed by atoms with Crippen molar-refractivity contribution in [3.05, 3.63) is 28.6 Å². The molecule has 0 aliphatic rings. The molecule has 0 amide bonds. The lowest BCUT2D eigenvalue weighted by atomic mass is 10.0. The molecule has 0 aliphatic carbocycles. The van der Waals surface area contributed by atoms with Gasteiger partial charge in [-0.15, -0.1) is 0 Å². The van der Waals surface area contributed by atoms with E-state index in [1.165, 1.54) is 6.07 Å². The molecule has 1 rings (SSSR count). The van der Waals surface area contributed by atoms with Gasteiger partial charge in [-0.3, -0.25) is 0 Å². The first-order chi connectivity index (χ1) is 8.20. The Morgan fingerprint density at radius 3 is 2.33 bits per heavy atom. The molecule has 96 valence electrons. The Kier molecular flexibility index (Phi) is 3.50. The van der Waals surface area contributed by atoms with E-state index in [0.29, 0.717) is 6.20 Å². The first-order valence-electron chi connectivity index (χ1n) is 4.21. The van der Waals surface area contributed by atoms with E-state index in [4.69, 9.17) is 10.4 Å². The number of pyridine rings is 1. The first-order valence-corrected chi connectivity index (χ1v) is 4.21. The Morgan fingerprint density at radius 2 is 2.00 bits per heavy atom. The zero-order valence-corrected chi connectivity index (χ0v) is 8.29. The summed E-state index contributed by atoms with van der Waals surface area (Å²) in [5.74, 6) is -2.05. The van der Waals surface area contributed by atoms with Gasteiger partial charge in [0.05, 0.1) is 16.7 Å². The van der Waals surface area contributed by atoms with Crippen molar-refractivity contribution in [3.8, 4) is 6.07 Å². The number of aromatic nitrogens is 1. The van der Waals surface area contributed by atoms with E-state index >= 15 is 0 Å². The van der Waals surface area contributed by atoms with Crippen LogP contribution in [0.25, 0.3) is 0 Å². The summed E-state index contributed by atoms with van der Waals surface area (Å²) in [5, 5.41) is 17.1. The Balaban J connectivity index is 3.75. The van der Waals surface area contributed by atoms with Crippen LogP contribution < -0.4 is 0 Å². The molecular weight excluding hydrogens is 263 g/mol. The predicted octanol–water partition coefficient (Wildman–Crippen LogP) is 2.61. The summed E-state index contributed by atoms with van der Waals surface area (Å²) in [5.41, 5.74) is -6.04. The second-order valence-electron chi connectivity index (χ2n) is 3.02. The smallest absolute Gasteiger partial charge is 0.433 e. The predicted molar refractivity (Wildman–Crippen MR) is 45.9 cm³/mol. The average Bonchev–Trinajstić information content (AvgIpc) is 2.25. The van der Waals surface area contributed by atoms with Crippen molar-refractivity contribution in [2.24, 2.45) is 0 Å². The van der Waals surface area contributed by atoms with Crippen molar-refractivity contribution >= 4 is 5.97 Å². The SMILES string of the molecule is N#Cc1cnc(C(F)(F)F)c(C(F)F)c1C(=O)O. The molecule has 0 aromatic carbocycles. The molecular formula is C9H3F5N2O2. The van der Waals surface area contributed by atoms with Gasteiger partial charge in [0.2, 0.25) is 0 Å². The van der Waals surface area contributed by atoms with Crippen LogP contribution in [0.3, 0.4) is 0 Å². The van der Waals surface area contributed by atoms with Crippen molar-refractivity contribution in [3.63, 3.8) is 0 Å². The number of aromatic carboxylic acids is 1. The lowest BCUT2D eigenvalue weighted by Gasteiger charge is -2.14. The van der Waals surface area contributed by atoms with Gasteiger partial charge >= 0.3 is 12.1 Å². The van der Waals surface area contributed by atoms with Crippen LogP contribution in [0.5, 0.6) is 0 Å². The largest absolute Gasteiger partial charge is 0.478 e. The number of rotatable bonds is 2. The van der Waals surface area contributed by atoms with Crippen LogP contribution >= 0.6 is 0 Å². The zero-order chi connectivity index (χ0) is 14.1. The van der Waals surface area contributed by atoms with E-state index in [9.17, 15) is 26.7 Å². The molecule has 0 spiro atoms. The standard InChI is InChI=1S/C9H3F5N2O2/c10-7(11)5-4(8(17)18)3(1-15)2-16-6(5)9(12,13)14/h2,7H,(H,17,18). The first kappa shape index (κ1) is 13.8. The van der Waals surface area contributed by atoms with E-state index < -0.39 is 41.0 Å². The van der Waals surface area contributed by atoms with Crippen LogP contribution in [0.1, 0.15) is 33.6 Å². The van der Waals surface area contributed by atoms with E-state index in [-0.39, 0.29) is 0 Å². The van der Waals surface area contributed by atoms with Crippen LogP contribution in [0, 0.1) is 11.3 Å². The summed E-state index contributed by atoms with van der Waals surface area (Å²) in [6.45, 7) is 0.